The van der Waals surface area contributed by atoms with Crippen LogP contribution in [0.3, 0.4) is 0 Å². The Bertz CT molecular complexity index is 912. The molecule has 0 radical (unpaired) electrons. The second kappa shape index (κ2) is 8.76. The van der Waals surface area contributed by atoms with Crippen molar-refractivity contribution in [3.8, 4) is 5.75 Å². The average Bonchev–Trinajstić information content (AvgIpc) is 3.14. The molecule has 1 aliphatic rings. The lowest BCUT2D eigenvalue weighted by molar-refractivity contribution is 0.192. The number of rotatable bonds is 6. The topological polar surface area (TPSA) is 43.2 Å². The smallest absolute Gasteiger partial charge is 0.124 e. The number of piperidine rings is 1. The van der Waals surface area contributed by atoms with Crippen molar-refractivity contribution < 1.29 is 4.74 Å². The molecule has 6 heteroatoms. The van der Waals surface area contributed by atoms with E-state index in [-0.39, 0.29) is 0 Å². The molecule has 3 heterocycles. The Morgan fingerprint density at radius 2 is 2.14 bits per heavy atom. The number of aromatic nitrogens is 3. The van der Waals surface area contributed by atoms with Crippen LogP contribution in [-0.4, -0.2) is 32.8 Å². The van der Waals surface area contributed by atoms with E-state index in [4.69, 9.17) is 16.3 Å². The summed E-state index contributed by atoms with van der Waals surface area (Å²) in [7, 11) is 2.02. The zero-order chi connectivity index (χ0) is 19.3. The van der Waals surface area contributed by atoms with E-state index >= 15 is 0 Å². The molecule has 1 saturated heterocycles. The maximum atomic E-state index is 6.29. The Morgan fingerprint density at radius 3 is 2.93 bits per heavy atom. The predicted molar refractivity (Wildman–Crippen MR) is 110 cm³/mol. The third-order valence-corrected chi connectivity index (χ3v) is 5.55. The highest BCUT2D eigenvalue weighted by atomic mass is 35.5. The van der Waals surface area contributed by atoms with E-state index in [0.717, 1.165) is 41.5 Å². The standard InChI is InChI=1S/C22H25ClN4O/c1-26-21(8-10-25-26)18-5-3-11-27(14-18)15-19-12-20(23)6-7-22(19)28-16-17-4-2-9-24-13-17/h2,4,6-10,12-13,18H,3,5,11,14-16H2,1H3. The average molecular weight is 397 g/mol. The Balaban J connectivity index is 1.46. The van der Waals surface area contributed by atoms with Gasteiger partial charge in [0.2, 0.25) is 0 Å². The number of ether oxygens (including phenoxy) is 1. The van der Waals surface area contributed by atoms with E-state index in [0.29, 0.717) is 12.5 Å². The van der Waals surface area contributed by atoms with Gasteiger partial charge < -0.3 is 4.74 Å². The molecule has 1 aromatic carbocycles. The van der Waals surface area contributed by atoms with Gasteiger partial charge in [0.05, 0.1) is 0 Å². The molecule has 0 spiro atoms. The van der Waals surface area contributed by atoms with Crippen molar-refractivity contribution >= 4 is 11.6 Å². The van der Waals surface area contributed by atoms with E-state index in [1.807, 2.05) is 54.5 Å². The Hall–Kier alpha value is -2.37. The lowest BCUT2D eigenvalue weighted by Crippen LogP contribution is -2.34. The summed E-state index contributed by atoms with van der Waals surface area (Å²) in [5, 5.41) is 5.08. The number of halogens is 1. The normalized spacial score (nSPS) is 17.6. The zero-order valence-corrected chi connectivity index (χ0v) is 16.8. The molecule has 146 valence electrons. The van der Waals surface area contributed by atoms with Gasteiger partial charge in [-0.1, -0.05) is 17.7 Å². The van der Waals surface area contributed by atoms with Crippen LogP contribution in [0.15, 0.2) is 55.0 Å². The molecule has 0 saturated carbocycles. The second-order valence-electron chi connectivity index (χ2n) is 7.36. The molecule has 0 bridgehead atoms. The molecule has 1 fully saturated rings. The maximum absolute atomic E-state index is 6.29. The van der Waals surface area contributed by atoms with Gasteiger partial charge in [0, 0.05) is 66.5 Å². The minimum atomic E-state index is 0.500. The number of pyridine rings is 1. The molecular formula is C22H25ClN4O. The maximum Gasteiger partial charge on any atom is 0.124 e. The second-order valence-corrected chi connectivity index (χ2v) is 7.79. The number of nitrogens with zero attached hydrogens (tertiary/aromatic N) is 4. The molecule has 0 amide bonds. The van der Waals surface area contributed by atoms with Gasteiger partial charge >= 0.3 is 0 Å². The molecule has 2 aromatic heterocycles. The van der Waals surface area contributed by atoms with Crippen LogP contribution in [0, 0.1) is 0 Å². The van der Waals surface area contributed by atoms with Gasteiger partial charge in [-0.05, 0) is 49.7 Å². The van der Waals surface area contributed by atoms with Gasteiger partial charge in [0.25, 0.3) is 0 Å². The van der Waals surface area contributed by atoms with Crippen LogP contribution in [-0.2, 0) is 20.2 Å². The summed E-state index contributed by atoms with van der Waals surface area (Å²) in [6.45, 7) is 3.44. The van der Waals surface area contributed by atoms with Gasteiger partial charge in [0.15, 0.2) is 0 Å². The van der Waals surface area contributed by atoms with Crippen molar-refractivity contribution in [3.05, 3.63) is 76.8 Å². The summed E-state index contributed by atoms with van der Waals surface area (Å²) in [4.78, 5) is 6.64. The third-order valence-electron chi connectivity index (χ3n) is 5.32. The van der Waals surface area contributed by atoms with E-state index < -0.39 is 0 Å². The third kappa shape index (κ3) is 4.54. The first-order valence-corrected chi connectivity index (χ1v) is 10.1. The molecule has 1 atom stereocenters. The van der Waals surface area contributed by atoms with Crippen molar-refractivity contribution in [3.63, 3.8) is 0 Å². The molecule has 5 nitrogen and oxygen atoms in total. The van der Waals surface area contributed by atoms with Gasteiger partial charge in [-0.3, -0.25) is 14.6 Å². The number of aryl methyl sites for hydroxylation is 1. The summed E-state index contributed by atoms with van der Waals surface area (Å²) in [5.74, 6) is 1.40. The van der Waals surface area contributed by atoms with Crippen molar-refractivity contribution in [2.75, 3.05) is 13.1 Å². The first-order valence-electron chi connectivity index (χ1n) is 9.69. The Morgan fingerprint density at radius 1 is 1.21 bits per heavy atom. The highest BCUT2D eigenvalue weighted by Gasteiger charge is 2.24. The molecule has 1 aliphatic heterocycles. The molecule has 4 rings (SSSR count). The quantitative estimate of drug-likeness (QED) is 0.618. The number of hydrogen-bond donors (Lipinski definition) is 0. The van der Waals surface area contributed by atoms with Crippen LogP contribution in [0.5, 0.6) is 5.75 Å². The minimum Gasteiger partial charge on any atom is -0.489 e. The highest BCUT2D eigenvalue weighted by molar-refractivity contribution is 6.30. The monoisotopic (exact) mass is 396 g/mol. The van der Waals surface area contributed by atoms with E-state index in [1.54, 1.807) is 6.20 Å². The van der Waals surface area contributed by atoms with Gasteiger partial charge in [0.1, 0.15) is 12.4 Å². The van der Waals surface area contributed by atoms with Crippen LogP contribution in [0.25, 0.3) is 0 Å². The lowest BCUT2D eigenvalue weighted by atomic mass is 9.94. The fourth-order valence-corrected chi connectivity index (χ4v) is 4.12. The van der Waals surface area contributed by atoms with Crippen LogP contribution in [0.2, 0.25) is 5.02 Å². The first kappa shape index (κ1) is 19.0. The SMILES string of the molecule is Cn1nccc1C1CCCN(Cc2cc(Cl)ccc2OCc2cccnc2)C1. The fraction of sp³-hybridized carbons (Fsp3) is 0.364. The van der Waals surface area contributed by atoms with E-state index in [2.05, 4.69) is 21.0 Å². The van der Waals surface area contributed by atoms with Gasteiger partial charge in [-0.15, -0.1) is 0 Å². The summed E-state index contributed by atoms with van der Waals surface area (Å²) in [5.41, 5.74) is 3.49. The highest BCUT2D eigenvalue weighted by Crippen LogP contribution is 2.30. The summed E-state index contributed by atoms with van der Waals surface area (Å²) in [6, 6.07) is 12.0. The van der Waals surface area contributed by atoms with Crippen LogP contribution in [0.4, 0.5) is 0 Å². The molecule has 28 heavy (non-hydrogen) atoms. The minimum absolute atomic E-state index is 0.500. The van der Waals surface area contributed by atoms with Crippen molar-refractivity contribution in [2.45, 2.75) is 31.9 Å². The van der Waals surface area contributed by atoms with Gasteiger partial charge in [-0.25, -0.2) is 0 Å². The Kier molecular flexibility index (Phi) is 5.93. The van der Waals surface area contributed by atoms with Crippen molar-refractivity contribution in [1.29, 1.82) is 0 Å². The number of benzene rings is 1. The molecule has 3 aromatic rings. The number of hydrogen-bond acceptors (Lipinski definition) is 4. The summed E-state index contributed by atoms with van der Waals surface area (Å²) >= 11 is 6.29. The van der Waals surface area contributed by atoms with Gasteiger partial charge in [-0.2, -0.15) is 5.10 Å². The summed E-state index contributed by atoms with van der Waals surface area (Å²) in [6.07, 6.45) is 7.87. The molecular weight excluding hydrogens is 372 g/mol. The molecule has 0 N–H and O–H groups in total. The van der Waals surface area contributed by atoms with E-state index in [9.17, 15) is 0 Å². The van der Waals surface area contributed by atoms with E-state index in [1.165, 1.54) is 18.5 Å². The zero-order valence-electron chi connectivity index (χ0n) is 16.1. The van der Waals surface area contributed by atoms with Crippen LogP contribution >= 0.6 is 11.6 Å². The molecule has 1 unspecified atom stereocenters. The van der Waals surface area contributed by atoms with Crippen LogP contribution in [0.1, 0.15) is 35.6 Å². The summed E-state index contributed by atoms with van der Waals surface area (Å²) < 4.78 is 8.09. The number of likely N-dealkylation sites (tertiary alicyclic amines) is 1. The van der Waals surface area contributed by atoms with Crippen molar-refractivity contribution in [2.24, 2.45) is 7.05 Å². The predicted octanol–water partition coefficient (Wildman–Crippen LogP) is 4.43. The largest absolute Gasteiger partial charge is 0.489 e. The Labute approximate surface area is 170 Å². The van der Waals surface area contributed by atoms with Crippen LogP contribution < -0.4 is 4.74 Å². The van der Waals surface area contributed by atoms with Crippen molar-refractivity contribution in [1.82, 2.24) is 19.7 Å². The molecule has 0 aliphatic carbocycles. The first-order chi connectivity index (χ1) is 13.7. The lowest BCUT2D eigenvalue weighted by Gasteiger charge is -2.33. The fourth-order valence-electron chi connectivity index (χ4n) is 3.92.